The van der Waals surface area contributed by atoms with Gasteiger partial charge in [0, 0.05) is 24.6 Å². The maximum absolute atomic E-state index is 13.6. The molecular formula is C15H18FNO3. The van der Waals surface area contributed by atoms with Crippen molar-refractivity contribution in [3.05, 3.63) is 41.2 Å². The van der Waals surface area contributed by atoms with Crippen LogP contribution < -0.4 is 5.32 Å². The summed E-state index contributed by atoms with van der Waals surface area (Å²) in [7, 11) is 0. The number of carboxylic acids is 1. The van der Waals surface area contributed by atoms with E-state index in [-0.39, 0.29) is 18.4 Å². The minimum atomic E-state index is -1.07. The molecule has 5 heteroatoms. The minimum Gasteiger partial charge on any atom is -0.478 e. The van der Waals surface area contributed by atoms with Gasteiger partial charge in [-0.05, 0) is 29.7 Å². The molecule has 108 valence electrons. The normalized spacial score (nSPS) is 11.0. The van der Waals surface area contributed by atoms with Crippen molar-refractivity contribution >= 4 is 18.0 Å². The Morgan fingerprint density at radius 2 is 2.10 bits per heavy atom. The molecule has 0 atom stereocenters. The van der Waals surface area contributed by atoms with E-state index in [0.29, 0.717) is 17.5 Å². The van der Waals surface area contributed by atoms with Crippen LogP contribution in [0.4, 0.5) is 4.39 Å². The summed E-state index contributed by atoms with van der Waals surface area (Å²) in [4.78, 5) is 21.9. The van der Waals surface area contributed by atoms with Gasteiger partial charge in [0.1, 0.15) is 5.82 Å². The third-order valence-electron chi connectivity index (χ3n) is 2.56. The van der Waals surface area contributed by atoms with Gasteiger partial charge in [0.05, 0.1) is 0 Å². The zero-order chi connectivity index (χ0) is 15.1. The molecule has 2 N–H and O–H groups in total. The lowest BCUT2D eigenvalue weighted by Gasteiger charge is -2.08. The van der Waals surface area contributed by atoms with Crippen LogP contribution in [-0.4, -0.2) is 17.0 Å². The van der Waals surface area contributed by atoms with Crippen LogP contribution in [0.25, 0.3) is 6.08 Å². The number of carbonyl (C=O) groups excluding carboxylic acids is 1. The number of nitrogens with one attached hydrogen (secondary N) is 1. The second-order valence-corrected chi connectivity index (χ2v) is 4.90. The molecule has 0 unspecified atom stereocenters. The smallest absolute Gasteiger partial charge is 0.328 e. The zero-order valence-corrected chi connectivity index (χ0v) is 11.5. The molecular weight excluding hydrogens is 261 g/mol. The average Bonchev–Trinajstić information content (AvgIpc) is 2.35. The largest absolute Gasteiger partial charge is 0.478 e. The van der Waals surface area contributed by atoms with Crippen molar-refractivity contribution in [1.29, 1.82) is 0 Å². The third kappa shape index (κ3) is 5.65. The fourth-order valence-corrected chi connectivity index (χ4v) is 1.64. The summed E-state index contributed by atoms with van der Waals surface area (Å²) in [6.45, 7) is 3.95. The Balaban J connectivity index is 2.72. The number of hydrogen-bond donors (Lipinski definition) is 2. The number of carboxylic acid groups (broad SMARTS) is 1. The van der Waals surface area contributed by atoms with Crippen molar-refractivity contribution in [2.24, 2.45) is 5.92 Å². The molecule has 0 bridgehead atoms. The van der Waals surface area contributed by atoms with Gasteiger partial charge >= 0.3 is 5.97 Å². The molecule has 0 aliphatic rings. The van der Waals surface area contributed by atoms with Gasteiger partial charge in [-0.1, -0.05) is 19.9 Å². The summed E-state index contributed by atoms with van der Waals surface area (Å²) in [6, 6.07) is 4.25. The van der Waals surface area contributed by atoms with E-state index < -0.39 is 11.8 Å². The first-order valence-corrected chi connectivity index (χ1v) is 6.34. The number of hydrogen-bond acceptors (Lipinski definition) is 2. The molecule has 20 heavy (non-hydrogen) atoms. The average molecular weight is 279 g/mol. The summed E-state index contributed by atoms with van der Waals surface area (Å²) in [6.07, 6.45) is 2.75. The number of amides is 1. The molecule has 0 fully saturated rings. The molecule has 1 aromatic carbocycles. The summed E-state index contributed by atoms with van der Waals surface area (Å²) >= 11 is 0. The lowest BCUT2D eigenvalue weighted by molar-refractivity contribution is -0.131. The summed E-state index contributed by atoms with van der Waals surface area (Å²) in [5, 5.41) is 11.2. The van der Waals surface area contributed by atoms with E-state index in [0.717, 1.165) is 6.08 Å². The highest BCUT2D eigenvalue weighted by molar-refractivity contribution is 5.85. The first kappa shape index (κ1) is 15.9. The first-order chi connectivity index (χ1) is 9.38. The maximum Gasteiger partial charge on any atom is 0.328 e. The van der Waals surface area contributed by atoms with Crippen molar-refractivity contribution in [2.45, 2.75) is 26.8 Å². The molecule has 0 spiro atoms. The van der Waals surface area contributed by atoms with Gasteiger partial charge in [-0.15, -0.1) is 0 Å². The summed E-state index contributed by atoms with van der Waals surface area (Å²) in [5.74, 6) is -1.39. The van der Waals surface area contributed by atoms with Crippen LogP contribution >= 0.6 is 0 Å². The lowest BCUT2D eigenvalue weighted by atomic mass is 10.1. The van der Waals surface area contributed by atoms with Gasteiger partial charge in [-0.25, -0.2) is 9.18 Å². The standard InChI is InChI=1S/C15H18FNO3/c1-10(2)7-14(18)17-9-12-8-11(3-5-13(12)16)4-6-15(19)20/h3-6,8,10H,7,9H2,1-2H3,(H,17,18)(H,19,20). The molecule has 0 saturated heterocycles. The fourth-order valence-electron chi connectivity index (χ4n) is 1.64. The van der Waals surface area contributed by atoms with Crippen LogP contribution in [0.2, 0.25) is 0 Å². The topological polar surface area (TPSA) is 66.4 Å². The lowest BCUT2D eigenvalue weighted by Crippen LogP contribution is -2.24. The Morgan fingerprint density at radius 1 is 1.40 bits per heavy atom. The van der Waals surface area contributed by atoms with Crippen LogP contribution in [-0.2, 0) is 16.1 Å². The van der Waals surface area contributed by atoms with Gasteiger partial charge < -0.3 is 10.4 Å². The van der Waals surface area contributed by atoms with Crippen LogP contribution in [0.3, 0.4) is 0 Å². The third-order valence-corrected chi connectivity index (χ3v) is 2.56. The highest BCUT2D eigenvalue weighted by atomic mass is 19.1. The number of aliphatic carboxylic acids is 1. The van der Waals surface area contributed by atoms with E-state index in [9.17, 15) is 14.0 Å². The Morgan fingerprint density at radius 3 is 2.70 bits per heavy atom. The van der Waals surface area contributed by atoms with Gasteiger partial charge in [0.2, 0.25) is 5.91 Å². The molecule has 1 rings (SSSR count). The van der Waals surface area contributed by atoms with Crippen molar-refractivity contribution in [3.63, 3.8) is 0 Å². The second-order valence-electron chi connectivity index (χ2n) is 4.90. The number of carbonyl (C=O) groups is 2. The minimum absolute atomic E-state index is 0.0894. The van der Waals surface area contributed by atoms with Crippen LogP contribution in [0, 0.1) is 11.7 Å². The van der Waals surface area contributed by atoms with Crippen molar-refractivity contribution in [1.82, 2.24) is 5.32 Å². The highest BCUT2D eigenvalue weighted by Gasteiger charge is 2.07. The molecule has 0 aromatic heterocycles. The van der Waals surface area contributed by atoms with E-state index in [2.05, 4.69) is 5.32 Å². The fraction of sp³-hybridized carbons (Fsp3) is 0.333. The number of benzene rings is 1. The molecule has 1 amide bonds. The van der Waals surface area contributed by atoms with Crippen LogP contribution in [0.5, 0.6) is 0 Å². The SMILES string of the molecule is CC(C)CC(=O)NCc1cc(C=CC(=O)O)ccc1F. The predicted molar refractivity (Wildman–Crippen MR) is 74.4 cm³/mol. The molecule has 0 radical (unpaired) electrons. The van der Waals surface area contributed by atoms with Gasteiger partial charge in [0.15, 0.2) is 0 Å². The Kier molecular flexibility index (Phi) is 5.90. The van der Waals surface area contributed by atoms with Crippen molar-refractivity contribution in [3.8, 4) is 0 Å². The monoisotopic (exact) mass is 279 g/mol. The van der Waals surface area contributed by atoms with Crippen LogP contribution in [0.1, 0.15) is 31.4 Å². The van der Waals surface area contributed by atoms with Gasteiger partial charge in [0.25, 0.3) is 0 Å². The Labute approximate surface area is 117 Å². The van der Waals surface area contributed by atoms with Gasteiger partial charge in [-0.2, -0.15) is 0 Å². The van der Waals surface area contributed by atoms with Crippen LogP contribution in [0.15, 0.2) is 24.3 Å². The Bertz CT molecular complexity index is 524. The molecule has 1 aromatic rings. The second kappa shape index (κ2) is 7.43. The molecule has 0 aliphatic carbocycles. The van der Waals surface area contributed by atoms with E-state index in [4.69, 9.17) is 5.11 Å². The highest BCUT2D eigenvalue weighted by Crippen LogP contribution is 2.12. The number of rotatable bonds is 6. The maximum atomic E-state index is 13.6. The van der Waals surface area contributed by atoms with Crippen molar-refractivity contribution in [2.75, 3.05) is 0 Å². The molecule has 0 saturated carbocycles. The molecule has 0 heterocycles. The van der Waals surface area contributed by atoms with Gasteiger partial charge in [-0.3, -0.25) is 4.79 Å². The van der Waals surface area contributed by atoms with E-state index in [1.807, 2.05) is 13.8 Å². The Hall–Kier alpha value is -2.17. The van der Waals surface area contributed by atoms with E-state index in [1.54, 1.807) is 0 Å². The summed E-state index contributed by atoms with van der Waals surface area (Å²) < 4.78 is 13.6. The first-order valence-electron chi connectivity index (χ1n) is 6.34. The van der Waals surface area contributed by atoms with E-state index in [1.165, 1.54) is 24.3 Å². The van der Waals surface area contributed by atoms with E-state index >= 15 is 0 Å². The molecule has 4 nitrogen and oxygen atoms in total. The van der Waals surface area contributed by atoms with Crippen molar-refractivity contribution < 1.29 is 19.1 Å². The molecule has 0 aliphatic heterocycles. The predicted octanol–water partition coefficient (Wildman–Crippen LogP) is 2.59. The zero-order valence-electron chi connectivity index (χ0n) is 11.5. The summed E-state index contributed by atoms with van der Waals surface area (Å²) in [5.41, 5.74) is 0.900. The number of halogens is 1. The quantitative estimate of drug-likeness (QED) is 0.786.